The smallest absolute Gasteiger partial charge is 0.131 e. The molecule has 0 bridgehead atoms. The second kappa shape index (κ2) is 14.7. The molecule has 0 aliphatic carbocycles. The molecule has 0 heterocycles. The lowest BCUT2D eigenvalue weighted by molar-refractivity contribution is 0.482. The van der Waals surface area contributed by atoms with E-state index >= 15 is 0 Å². The summed E-state index contributed by atoms with van der Waals surface area (Å²) in [5, 5.41) is 11.9. The number of allylic oxidation sites excluding steroid dienone is 2. The van der Waals surface area contributed by atoms with Gasteiger partial charge in [0, 0.05) is 10.9 Å². The predicted molar refractivity (Wildman–Crippen MR) is 172 cm³/mol. The highest BCUT2D eigenvalue weighted by Crippen LogP contribution is 2.34. The van der Waals surface area contributed by atoms with E-state index in [2.05, 4.69) is 135 Å². The Balaban J connectivity index is 0.00000127. The van der Waals surface area contributed by atoms with Gasteiger partial charge in [-0.3, -0.25) is 0 Å². The van der Waals surface area contributed by atoms with Crippen LogP contribution in [0.3, 0.4) is 0 Å². The van der Waals surface area contributed by atoms with Gasteiger partial charge in [-0.05, 0) is 70.2 Å². The fourth-order valence-corrected chi connectivity index (χ4v) is 4.80. The van der Waals surface area contributed by atoms with Gasteiger partial charge in [0.15, 0.2) is 0 Å². The van der Waals surface area contributed by atoms with Crippen LogP contribution in [0.25, 0.3) is 33.4 Å². The molecule has 1 N–H and O–H groups in total. The molecular weight excluding hydrogens is 479 g/mol. The minimum absolute atomic E-state index is 0.319. The fraction of sp³-hybridized carbons (Fsp3) is 0.278. The van der Waals surface area contributed by atoms with E-state index in [-0.39, 0.29) is 0 Å². The van der Waals surface area contributed by atoms with Crippen molar-refractivity contribution in [1.82, 2.24) is 0 Å². The zero-order valence-electron chi connectivity index (χ0n) is 23.7. The summed E-state index contributed by atoms with van der Waals surface area (Å²) in [6, 6.07) is 30.1. The number of benzene rings is 4. The molecule has 0 amide bonds. The van der Waals surface area contributed by atoms with Crippen LogP contribution in [-0.2, 0) is 6.42 Å². The molecule has 1 unspecified atom stereocenters. The third-order valence-electron chi connectivity index (χ3n) is 6.59. The number of hydrogen-bond acceptors (Lipinski definition) is 1. The van der Waals surface area contributed by atoms with E-state index in [1.165, 1.54) is 28.7 Å². The van der Waals surface area contributed by atoms with Crippen LogP contribution in [0, 0.1) is 0 Å². The van der Waals surface area contributed by atoms with Crippen LogP contribution in [0.15, 0.2) is 97.1 Å². The van der Waals surface area contributed by atoms with Gasteiger partial charge >= 0.3 is 0 Å². The van der Waals surface area contributed by atoms with Gasteiger partial charge in [0.2, 0.25) is 0 Å². The molecular formula is C36H43OP. The van der Waals surface area contributed by atoms with Gasteiger partial charge in [0.1, 0.15) is 5.75 Å². The first-order valence-electron chi connectivity index (χ1n) is 14.0. The van der Waals surface area contributed by atoms with Crippen LogP contribution in [-0.4, -0.2) is 5.11 Å². The number of phenols is 1. The first kappa shape index (κ1) is 29.4. The Morgan fingerprint density at radius 1 is 0.658 bits per heavy atom. The summed E-state index contributed by atoms with van der Waals surface area (Å²) in [6.45, 7) is 10.8. The minimum atomic E-state index is 0.319. The van der Waals surface area contributed by atoms with Crippen LogP contribution in [0.1, 0.15) is 70.9 Å². The maximum absolute atomic E-state index is 11.0. The summed E-state index contributed by atoms with van der Waals surface area (Å²) in [7, 11) is 2.74. The maximum Gasteiger partial charge on any atom is 0.131 e. The second-order valence-corrected chi connectivity index (χ2v) is 10.7. The molecule has 2 heteroatoms. The lowest BCUT2D eigenvalue weighted by atomic mass is 9.95. The molecule has 0 aliphatic rings. The lowest BCUT2D eigenvalue weighted by Gasteiger charge is -2.14. The Bertz CT molecular complexity index is 1300. The normalized spacial score (nSPS) is 11.0. The van der Waals surface area contributed by atoms with Crippen LogP contribution < -0.4 is 5.30 Å². The molecule has 4 aromatic carbocycles. The first-order valence-corrected chi connectivity index (χ1v) is 14.5. The van der Waals surface area contributed by atoms with Gasteiger partial charge in [-0.25, -0.2) is 0 Å². The van der Waals surface area contributed by atoms with Crippen LogP contribution in [0.5, 0.6) is 5.75 Å². The molecule has 0 saturated carbocycles. The Kier molecular flexibility index (Phi) is 11.4. The van der Waals surface area contributed by atoms with Gasteiger partial charge in [-0.15, -0.1) is 9.24 Å². The molecule has 1 nitrogen and oxygen atoms in total. The average Bonchev–Trinajstić information content (AvgIpc) is 2.94. The molecule has 0 fully saturated rings. The molecule has 0 aromatic heterocycles. The van der Waals surface area contributed by atoms with Crippen molar-refractivity contribution in [2.75, 3.05) is 0 Å². The Morgan fingerprint density at radius 3 is 1.68 bits per heavy atom. The topological polar surface area (TPSA) is 20.2 Å². The average molecular weight is 523 g/mol. The van der Waals surface area contributed by atoms with Crippen molar-refractivity contribution in [3.63, 3.8) is 0 Å². The zero-order chi connectivity index (χ0) is 27.5. The van der Waals surface area contributed by atoms with Crippen molar-refractivity contribution < 1.29 is 5.11 Å². The molecule has 198 valence electrons. The zero-order valence-corrected chi connectivity index (χ0v) is 24.8. The van der Waals surface area contributed by atoms with E-state index in [1.807, 2.05) is 6.07 Å². The fourth-order valence-electron chi connectivity index (χ4n) is 4.38. The van der Waals surface area contributed by atoms with Gasteiger partial charge < -0.3 is 5.11 Å². The second-order valence-electron chi connectivity index (χ2n) is 10.1. The summed E-state index contributed by atoms with van der Waals surface area (Å²) in [5.74, 6) is 0.855. The molecule has 4 aromatic rings. The third kappa shape index (κ3) is 7.68. The van der Waals surface area contributed by atoms with E-state index in [1.54, 1.807) is 0 Å². The lowest BCUT2D eigenvalue weighted by Crippen LogP contribution is -2.00. The Morgan fingerprint density at radius 2 is 1.13 bits per heavy atom. The third-order valence-corrected chi connectivity index (χ3v) is 7.18. The molecule has 0 saturated heterocycles. The molecule has 0 spiro atoms. The van der Waals surface area contributed by atoms with E-state index < -0.39 is 0 Å². The van der Waals surface area contributed by atoms with E-state index in [0.29, 0.717) is 11.7 Å². The SMILES string of the molecule is CC/C=C/CCc1ccc(-c2ccc(-c3ccc(-c4ccc(C(C)C)cc4)cc3)c(P)c2O)cc1.CCC. The Hall–Kier alpha value is -3.15. The first-order chi connectivity index (χ1) is 18.4. The summed E-state index contributed by atoms with van der Waals surface area (Å²) >= 11 is 0. The highest BCUT2D eigenvalue weighted by Gasteiger charge is 2.13. The number of rotatable bonds is 8. The van der Waals surface area contributed by atoms with Gasteiger partial charge in [-0.2, -0.15) is 0 Å². The van der Waals surface area contributed by atoms with Crippen molar-refractivity contribution in [2.24, 2.45) is 0 Å². The summed E-state index contributed by atoms with van der Waals surface area (Å²) in [6.07, 6.45) is 8.89. The number of hydrogen-bond donors (Lipinski definition) is 1. The van der Waals surface area contributed by atoms with Crippen molar-refractivity contribution in [3.8, 4) is 39.1 Å². The van der Waals surface area contributed by atoms with Crippen molar-refractivity contribution in [3.05, 3.63) is 108 Å². The summed E-state index contributed by atoms with van der Waals surface area (Å²) < 4.78 is 0. The monoisotopic (exact) mass is 522 g/mol. The number of aromatic hydroxyl groups is 1. The van der Waals surface area contributed by atoms with Crippen molar-refractivity contribution >= 4 is 14.5 Å². The largest absolute Gasteiger partial charge is 0.507 e. The molecule has 1 atom stereocenters. The molecule has 4 rings (SSSR count). The van der Waals surface area contributed by atoms with Crippen LogP contribution >= 0.6 is 9.24 Å². The molecule has 0 radical (unpaired) electrons. The van der Waals surface area contributed by atoms with Gasteiger partial charge in [0.05, 0.1) is 0 Å². The van der Waals surface area contributed by atoms with Gasteiger partial charge in [-0.1, -0.05) is 132 Å². The maximum atomic E-state index is 11.0. The highest BCUT2D eigenvalue weighted by atomic mass is 31.0. The number of phenolic OH excluding ortho intramolecular Hbond substituents is 1. The van der Waals surface area contributed by atoms with Crippen LogP contribution in [0.4, 0.5) is 0 Å². The summed E-state index contributed by atoms with van der Waals surface area (Å²) in [5.41, 5.74) is 9.09. The number of aryl methyl sites for hydroxylation is 1. The highest BCUT2D eigenvalue weighted by molar-refractivity contribution is 7.28. The Labute approximate surface area is 232 Å². The van der Waals surface area contributed by atoms with Crippen molar-refractivity contribution in [2.45, 2.75) is 66.2 Å². The quantitative estimate of drug-likeness (QED) is 0.180. The van der Waals surface area contributed by atoms with E-state index in [9.17, 15) is 5.11 Å². The van der Waals surface area contributed by atoms with Crippen molar-refractivity contribution in [1.29, 1.82) is 0 Å². The van der Waals surface area contributed by atoms with E-state index in [4.69, 9.17) is 0 Å². The van der Waals surface area contributed by atoms with Crippen LogP contribution in [0.2, 0.25) is 0 Å². The van der Waals surface area contributed by atoms with Gasteiger partial charge in [0.25, 0.3) is 0 Å². The minimum Gasteiger partial charge on any atom is -0.507 e. The summed E-state index contributed by atoms with van der Waals surface area (Å²) in [4.78, 5) is 0. The molecule has 0 aliphatic heterocycles. The standard InChI is InChI=1S/C33H35OP.C3H8/c1-4-5-6-7-8-24-9-11-28(12-10-24)30-21-22-31(33(35)32(30)34)29-19-17-27(18-20-29)26-15-13-25(14-16-26)23(2)3;1-3-2/h5-6,9-23,34H,4,7-8,35H2,1-3H3;3H2,1-2H3/b6-5+;. The van der Waals surface area contributed by atoms with E-state index in [0.717, 1.165) is 46.8 Å². The molecule has 38 heavy (non-hydrogen) atoms. The predicted octanol–water partition coefficient (Wildman–Crippen LogP) is 10.3.